The summed E-state index contributed by atoms with van der Waals surface area (Å²) < 4.78 is 1.60. The van der Waals surface area contributed by atoms with Crippen LogP contribution < -0.4 is 16.2 Å². The van der Waals surface area contributed by atoms with Crippen LogP contribution in [0.1, 0.15) is 29.1 Å². The van der Waals surface area contributed by atoms with Crippen molar-refractivity contribution >= 4 is 45.2 Å². The maximum atomic E-state index is 13.3. The lowest BCUT2D eigenvalue weighted by Crippen LogP contribution is -2.20. The monoisotopic (exact) mass is 467 g/mol. The number of fused-ring (bicyclic) bond motifs is 1. The van der Waals surface area contributed by atoms with Gasteiger partial charge in [-0.15, -0.1) is 11.3 Å². The molecule has 8 nitrogen and oxygen atoms in total. The maximum Gasteiger partial charge on any atom is 0.263 e. The van der Waals surface area contributed by atoms with E-state index in [-0.39, 0.29) is 16.8 Å². The number of thiophene rings is 1. The molecule has 4 rings (SSSR count). The zero-order chi connectivity index (χ0) is 23.2. The lowest BCUT2D eigenvalue weighted by atomic mass is 10.0. The second-order valence-corrected chi connectivity index (χ2v) is 10.1. The van der Waals surface area contributed by atoms with Crippen molar-refractivity contribution in [1.82, 2.24) is 24.5 Å². The average molecular weight is 468 g/mol. The maximum absolute atomic E-state index is 13.3. The van der Waals surface area contributed by atoms with Crippen molar-refractivity contribution in [2.75, 3.05) is 24.7 Å². The first-order valence-corrected chi connectivity index (χ1v) is 11.8. The molecule has 0 saturated heterocycles. The molecule has 0 radical (unpaired) electrons. The number of nitrogen functional groups attached to an aromatic ring is 1. The summed E-state index contributed by atoms with van der Waals surface area (Å²) in [5.41, 5.74) is 10.2. The third kappa shape index (κ3) is 4.07. The molecule has 1 aromatic carbocycles. The first kappa shape index (κ1) is 22.2. The minimum absolute atomic E-state index is 0.0664. The number of nitrogens with two attached hydrogens (primary N) is 1. The van der Waals surface area contributed by atoms with Gasteiger partial charge in [-0.2, -0.15) is 15.0 Å². The standard InChI is InChI=1S/C22H25N7OS2/c1-11-7-8-14(9-12(11)2)15-10-31-18-16(15)19(30)29(6)22(26-18)32-13(3)17-24-20(23)27-21(25-17)28(4)5/h7-10,13H,1-6H3,(H2,23,24,25,27). The van der Waals surface area contributed by atoms with Crippen molar-refractivity contribution in [2.24, 2.45) is 7.05 Å². The highest BCUT2D eigenvalue weighted by Crippen LogP contribution is 2.36. The Morgan fingerprint density at radius 3 is 2.56 bits per heavy atom. The van der Waals surface area contributed by atoms with Crippen molar-refractivity contribution in [3.63, 3.8) is 0 Å². The van der Waals surface area contributed by atoms with Crippen LogP contribution in [0.4, 0.5) is 11.9 Å². The quantitative estimate of drug-likeness (QED) is 0.347. The lowest BCUT2D eigenvalue weighted by molar-refractivity contribution is 0.723. The lowest BCUT2D eigenvalue weighted by Gasteiger charge is -2.15. The zero-order valence-electron chi connectivity index (χ0n) is 18.9. The fourth-order valence-electron chi connectivity index (χ4n) is 3.27. The van der Waals surface area contributed by atoms with E-state index in [1.807, 2.05) is 26.4 Å². The highest BCUT2D eigenvalue weighted by Gasteiger charge is 2.20. The molecule has 0 spiro atoms. The van der Waals surface area contributed by atoms with Crippen LogP contribution in [0.25, 0.3) is 21.3 Å². The molecule has 3 aromatic heterocycles. The number of hydrogen-bond acceptors (Lipinski definition) is 9. The van der Waals surface area contributed by atoms with Gasteiger partial charge < -0.3 is 10.6 Å². The Bertz CT molecular complexity index is 1380. The molecule has 0 aliphatic carbocycles. The Kier molecular flexibility index (Phi) is 5.91. The van der Waals surface area contributed by atoms with Crippen LogP contribution in [0.2, 0.25) is 0 Å². The molecular formula is C22H25N7OS2. The van der Waals surface area contributed by atoms with Gasteiger partial charge in [0.25, 0.3) is 5.56 Å². The van der Waals surface area contributed by atoms with Gasteiger partial charge in [-0.25, -0.2) is 4.98 Å². The molecule has 4 aromatic rings. The summed E-state index contributed by atoms with van der Waals surface area (Å²) in [6, 6.07) is 6.26. The number of nitrogens with zero attached hydrogens (tertiary/aromatic N) is 6. The first-order chi connectivity index (χ1) is 15.2. The molecule has 0 aliphatic heterocycles. The zero-order valence-corrected chi connectivity index (χ0v) is 20.5. The van der Waals surface area contributed by atoms with E-state index in [2.05, 4.69) is 47.0 Å². The fraction of sp³-hybridized carbons (Fsp3) is 0.318. The summed E-state index contributed by atoms with van der Waals surface area (Å²) >= 11 is 2.90. The normalized spacial score (nSPS) is 12.3. The summed E-state index contributed by atoms with van der Waals surface area (Å²) in [5, 5.41) is 3.09. The van der Waals surface area contributed by atoms with Gasteiger partial charge >= 0.3 is 0 Å². The van der Waals surface area contributed by atoms with Gasteiger partial charge in [0.05, 0.1) is 10.6 Å². The SMILES string of the molecule is Cc1ccc(-c2csc3nc(SC(C)c4nc(N)nc(N(C)C)n4)n(C)c(=O)c23)cc1C. The summed E-state index contributed by atoms with van der Waals surface area (Å²) in [6.45, 7) is 6.12. The van der Waals surface area contributed by atoms with Crippen molar-refractivity contribution in [2.45, 2.75) is 31.2 Å². The van der Waals surface area contributed by atoms with Crippen molar-refractivity contribution in [1.29, 1.82) is 0 Å². The number of hydrogen-bond donors (Lipinski definition) is 1. The predicted molar refractivity (Wildman–Crippen MR) is 133 cm³/mol. The summed E-state index contributed by atoms with van der Waals surface area (Å²) in [4.78, 5) is 33.5. The largest absolute Gasteiger partial charge is 0.368 e. The Morgan fingerprint density at radius 1 is 1.12 bits per heavy atom. The Morgan fingerprint density at radius 2 is 1.88 bits per heavy atom. The number of anilines is 2. The van der Waals surface area contributed by atoms with Crippen LogP contribution in [0.15, 0.2) is 33.5 Å². The van der Waals surface area contributed by atoms with Crippen molar-refractivity contribution in [3.8, 4) is 11.1 Å². The number of rotatable bonds is 5. The highest BCUT2D eigenvalue weighted by molar-refractivity contribution is 7.99. The number of thioether (sulfide) groups is 1. The molecule has 2 N–H and O–H groups in total. The summed E-state index contributed by atoms with van der Waals surface area (Å²) in [7, 11) is 5.44. The molecule has 3 heterocycles. The number of aromatic nitrogens is 5. The molecule has 0 bridgehead atoms. The Hall–Kier alpha value is -2.98. The van der Waals surface area contributed by atoms with Crippen LogP contribution in [-0.2, 0) is 7.05 Å². The van der Waals surface area contributed by atoms with E-state index in [0.29, 0.717) is 22.3 Å². The molecule has 0 fully saturated rings. The molecule has 10 heteroatoms. The summed E-state index contributed by atoms with van der Waals surface area (Å²) in [5.74, 6) is 1.20. The van der Waals surface area contributed by atoms with Gasteiger partial charge in [-0.3, -0.25) is 9.36 Å². The first-order valence-electron chi connectivity index (χ1n) is 10.1. The van der Waals surface area contributed by atoms with Crippen molar-refractivity contribution < 1.29 is 0 Å². The third-order valence-electron chi connectivity index (χ3n) is 5.30. The second kappa shape index (κ2) is 8.51. The van der Waals surface area contributed by atoms with Crippen LogP contribution in [0.3, 0.4) is 0 Å². The molecule has 166 valence electrons. The van der Waals surface area contributed by atoms with Gasteiger partial charge in [-0.05, 0) is 37.5 Å². The van der Waals surface area contributed by atoms with Gasteiger partial charge in [0.2, 0.25) is 11.9 Å². The van der Waals surface area contributed by atoms with E-state index in [1.165, 1.54) is 34.2 Å². The van der Waals surface area contributed by atoms with Gasteiger partial charge in [0.1, 0.15) is 10.7 Å². The van der Waals surface area contributed by atoms with Crippen LogP contribution in [-0.4, -0.2) is 38.6 Å². The predicted octanol–water partition coefficient (Wildman–Crippen LogP) is 3.97. The van der Waals surface area contributed by atoms with E-state index in [4.69, 9.17) is 10.7 Å². The van der Waals surface area contributed by atoms with Crippen LogP contribution >= 0.6 is 23.1 Å². The van der Waals surface area contributed by atoms with E-state index in [0.717, 1.165) is 16.0 Å². The Balaban J connectivity index is 1.73. The third-order valence-corrected chi connectivity index (χ3v) is 7.31. The van der Waals surface area contributed by atoms with E-state index in [1.54, 1.807) is 16.5 Å². The molecule has 0 aliphatic rings. The second-order valence-electron chi connectivity index (χ2n) is 7.89. The van der Waals surface area contributed by atoms with E-state index >= 15 is 0 Å². The summed E-state index contributed by atoms with van der Waals surface area (Å²) in [6.07, 6.45) is 0. The highest BCUT2D eigenvalue weighted by atomic mass is 32.2. The molecule has 1 unspecified atom stereocenters. The average Bonchev–Trinajstić information content (AvgIpc) is 3.17. The minimum atomic E-state index is -0.172. The fourth-order valence-corrected chi connectivity index (χ4v) is 5.18. The topological polar surface area (TPSA) is 103 Å². The molecule has 0 amide bonds. The smallest absolute Gasteiger partial charge is 0.263 e. The van der Waals surface area contributed by atoms with Gasteiger partial charge in [0.15, 0.2) is 5.16 Å². The van der Waals surface area contributed by atoms with E-state index < -0.39 is 0 Å². The Labute approximate surface area is 194 Å². The van der Waals surface area contributed by atoms with Crippen LogP contribution in [0, 0.1) is 13.8 Å². The van der Waals surface area contributed by atoms with Crippen molar-refractivity contribution in [3.05, 3.63) is 50.9 Å². The van der Waals surface area contributed by atoms with E-state index in [9.17, 15) is 4.79 Å². The van der Waals surface area contributed by atoms with Crippen LogP contribution in [0.5, 0.6) is 0 Å². The molecule has 32 heavy (non-hydrogen) atoms. The molecular weight excluding hydrogens is 442 g/mol. The minimum Gasteiger partial charge on any atom is -0.368 e. The number of benzene rings is 1. The van der Waals surface area contributed by atoms with Gasteiger partial charge in [-0.1, -0.05) is 30.0 Å². The van der Waals surface area contributed by atoms with Gasteiger partial charge in [0, 0.05) is 32.1 Å². The molecule has 1 atom stereocenters. The number of aryl methyl sites for hydroxylation is 2. The molecule has 0 saturated carbocycles.